The number of fused-ring (bicyclic) bond motifs is 2. The van der Waals surface area contributed by atoms with Crippen LogP contribution in [0.5, 0.6) is 0 Å². The Morgan fingerprint density at radius 2 is 2.03 bits per heavy atom. The maximum absolute atomic E-state index is 13.8. The fourth-order valence-corrected chi connectivity index (χ4v) is 4.94. The summed E-state index contributed by atoms with van der Waals surface area (Å²) in [4.78, 5) is 27.1. The normalized spacial score (nSPS) is 15.8. The third kappa shape index (κ3) is 4.06. The zero-order chi connectivity index (χ0) is 25.0. The topological polar surface area (TPSA) is 98.5 Å². The summed E-state index contributed by atoms with van der Waals surface area (Å²) in [5, 5.41) is 13.0. The number of pyridine rings is 1. The quantitative estimate of drug-likeness (QED) is 0.326. The van der Waals surface area contributed by atoms with E-state index in [1.807, 2.05) is 35.6 Å². The van der Waals surface area contributed by atoms with Crippen molar-refractivity contribution >= 4 is 45.8 Å². The van der Waals surface area contributed by atoms with E-state index in [0.29, 0.717) is 33.8 Å². The maximum Gasteiger partial charge on any atom is 0.278 e. The molecule has 8 nitrogen and oxygen atoms in total. The molecule has 0 saturated carbocycles. The average molecular weight is 505 g/mol. The van der Waals surface area contributed by atoms with Gasteiger partial charge in [0, 0.05) is 30.0 Å². The van der Waals surface area contributed by atoms with Gasteiger partial charge in [-0.05, 0) is 66.9 Å². The summed E-state index contributed by atoms with van der Waals surface area (Å²) in [6.07, 6.45) is 2.12. The molecule has 1 saturated heterocycles. The number of aromatic amines is 1. The van der Waals surface area contributed by atoms with Gasteiger partial charge in [0.1, 0.15) is 17.2 Å². The molecule has 1 aliphatic rings. The Kier molecular flexibility index (Phi) is 5.39. The first-order valence-electron chi connectivity index (χ1n) is 11.5. The molecule has 36 heavy (non-hydrogen) atoms. The highest BCUT2D eigenvalue weighted by molar-refractivity contribution is 6.30. The predicted molar refractivity (Wildman–Crippen MR) is 137 cm³/mol. The molecule has 0 spiro atoms. The number of nitrogens with zero attached hydrogens (tertiary/aromatic N) is 4. The number of hydrogen-bond donors (Lipinski definition) is 3. The first kappa shape index (κ1) is 22.5. The largest absolute Gasteiger partial charge is 0.391 e. The maximum atomic E-state index is 13.8. The van der Waals surface area contributed by atoms with Gasteiger partial charge in [-0.1, -0.05) is 17.7 Å². The molecule has 10 heteroatoms. The lowest BCUT2D eigenvalue weighted by Gasteiger charge is -2.20. The van der Waals surface area contributed by atoms with Crippen molar-refractivity contribution in [2.45, 2.75) is 19.4 Å². The highest BCUT2D eigenvalue weighted by Gasteiger charge is 2.23. The van der Waals surface area contributed by atoms with Crippen molar-refractivity contribution in [3.63, 3.8) is 0 Å². The smallest absolute Gasteiger partial charge is 0.278 e. The van der Waals surface area contributed by atoms with E-state index in [0.717, 1.165) is 29.9 Å². The third-order valence-electron chi connectivity index (χ3n) is 6.50. The van der Waals surface area contributed by atoms with Crippen LogP contribution >= 0.6 is 11.6 Å². The molecule has 6 rings (SSSR count). The summed E-state index contributed by atoms with van der Waals surface area (Å²) < 4.78 is 15.7. The lowest BCUT2D eigenvalue weighted by molar-refractivity contribution is 0.102. The minimum Gasteiger partial charge on any atom is -0.391 e. The molecule has 1 aliphatic heterocycles. The zero-order valence-corrected chi connectivity index (χ0v) is 20.1. The van der Waals surface area contributed by atoms with Gasteiger partial charge in [0.25, 0.3) is 5.91 Å². The molecule has 3 aromatic heterocycles. The number of anilines is 2. The number of aliphatic hydroxyl groups is 1. The van der Waals surface area contributed by atoms with Gasteiger partial charge in [-0.3, -0.25) is 10.1 Å². The van der Waals surface area contributed by atoms with Crippen LogP contribution in [0.15, 0.2) is 54.7 Å². The number of rotatable bonds is 4. The second-order valence-corrected chi connectivity index (χ2v) is 9.41. The summed E-state index contributed by atoms with van der Waals surface area (Å²) in [5.41, 5.74) is 5.62. The molecule has 4 heterocycles. The lowest BCUT2D eigenvalue weighted by atomic mass is 10.1. The number of aromatic nitrogens is 4. The van der Waals surface area contributed by atoms with Gasteiger partial charge >= 0.3 is 0 Å². The van der Waals surface area contributed by atoms with Crippen LogP contribution in [0.25, 0.3) is 27.8 Å². The average Bonchev–Trinajstić information content (AvgIpc) is 3.56. The number of benzene rings is 2. The number of amides is 1. The lowest BCUT2D eigenvalue weighted by Crippen LogP contribution is -2.22. The summed E-state index contributed by atoms with van der Waals surface area (Å²) in [7, 11) is 0. The minimum absolute atomic E-state index is 0.257. The van der Waals surface area contributed by atoms with Gasteiger partial charge < -0.3 is 19.4 Å². The number of imidazole rings is 2. The molecule has 3 N–H and O–H groups in total. The van der Waals surface area contributed by atoms with Crippen molar-refractivity contribution in [1.29, 1.82) is 0 Å². The van der Waals surface area contributed by atoms with Crippen LogP contribution in [0.2, 0.25) is 5.02 Å². The summed E-state index contributed by atoms with van der Waals surface area (Å²) in [5.74, 6) is -0.527. The van der Waals surface area contributed by atoms with E-state index in [-0.39, 0.29) is 17.7 Å². The third-order valence-corrected chi connectivity index (χ3v) is 6.72. The Bertz CT molecular complexity index is 1620. The number of aryl methyl sites for hydroxylation is 1. The van der Waals surface area contributed by atoms with Gasteiger partial charge in [0.15, 0.2) is 0 Å². The number of aliphatic hydroxyl groups excluding tert-OH is 1. The predicted octanol–water partition coefficient (Wildman–Crippen LogP) is 4.80. The van der Waals surface area contributed by atoms with Crippen LogP contribution in [0.1, 0.15) is 22.6 Å². The van der Waals surface area contributed by atoms with E-state index < -0.39 is 11.7 Å². The molecular weight excluding hydrogens is 483 g/mol. The SMILES string of the molecule is Cc1c(N2CCC(O)C2)ccc2nc(C(=O)Nc3nc4ccc(-c5cc(F)cc(Cl)c5)cc4[nH]3)cn12. The highest BCUT2D eigenvalue weighted by Crippen LogP contribution is 2.28. The first-order valence-corrected chi connectivity index (χ1v) is 11.9. The van der Waals surface area contributed by atoms with Crippen molar-refractivity contribution in [2.24, 2.45) is 0 Å². The Balaban J connectivity index is 1.25. The molecule has 0 aliphatic carbocycles. The Labute approximate surface area is 210 Å². The number of carbonyl (C=O) groups is 1. The Hall–Kier alpha value is -3.95. The van der Waals surface area contributed by atoms with Crippen LogP contribution in [0, 0.1) is 12.7 Å². The van der Waals surface area contributed by atoms with Gasteiger partial charge in [0.2, 0.25) is 5.95 Å². The van der Waals surface area contributed by atoms with Gasteiger partial charge in [0.05, 0.1) is 22.8 Å². The van der Waals surface area contributed by atoms with E-state index in [1.54, 1.807) is 18.3 Å². The van der Waals surface area contributed by atoms with Gasteiger partial charge in [-0.15, -0.1) is 0 Å². The van der Waals surface area contributed by atoms with Crippen LogP contribution < -0.4 is 10.2 Å². The second-order valence-electron chi connectivity index (χ2n) is 8.98. The van der Waals surface area contributed by atoms with E-state index in [4.69, 9.17) is 11.6 Å². The summed E-state index contributed by atoms with van der Waals surface area (Å²) in [6.45, 7) is 3.35. The minimum atomic E-state index is -0.414. The number of nitrogens with one attached hydrogen (secondary N) is 2. The van der Waals surface area contributed by atoms with Crippen molar-refractivity contribution in [2.75, 3.05) is 23.3 Å². The van der Waals surface area contributed by atoms with Crippen molar-refractivity contribution in [3.8, 4) is 11.1 Å². The molecule has 1 unspecified atom stereocenters. The highest BCUT2D eigenvalue weighted by atomic mass is 35.5. The van der Waals surface area contributed by atoms with E-state index >= 15 is 0 Å². The van der Waals surface area contributed by atoms with E-state index in [2.05, 4.69) is 25.2 Å². The Morgan fingerprint density at radius 1 is 1.17 bits per heavy atom. The standard InChI is InChI=1S/C26H22ClFN6O2/c1-14-23(33-7-6-19(35)12-33)4-5-24-29-22(13-34(14)24)25(36)32-26-30-20-3-2-15(10-21(20)31-26)16-8-17(27)11-18(28)9-16/h2-5,8-11,13,19,35H,6-7,12H2,1H3,(H2,30,31,32,36). The number of carbonyl (C=O) groups excluding carboxylic acids is 1. The molecule has 1 amide bonds. The first-order chi connectivity index (χ1) is 17.3. The molecule has 0 radical (unpaired) electrons. The molecular formula is C26H22ClFN6O2. The van der Waals surface area contributed by atoms with E-state index in [9.17, 15) is 14.3 Å². The van der Waals surface area contributed by atoms with Gasteiger partial charge in [-0.2, -0.15) is 0 Å². The van der Waals surface area contributed by atoms with Gasteiger partial charge in [-0.25, -0.2) is 14.4 Å². The van der Waals surface area contributed by atoms with Crippen molar-refractivity contribution < 1.29 is 14.3 Å². The van der Waals surface area contributed by atoms with Crippen molar-refractivity contribution in [1.82, 2.24) is 19.4 Å². The number of H-pyrrole nitrogens is 1. The fourth-order valence-electron chi connectivity index (χ4n) is 4.72. The zero-order valence-electron chi connectivity index (χ0n) is 19.3. The number of β-amino-alcohol motifs (C(OH)–C–C–N with tert-alkyl or cyclic N) is 1. The van der Waals surface area contributed by atoms with Crippen molar-refractivity contribution in [3.05, 3.63) is 77.0 Å². The van der Waals surface area contributed by atoms with Crippen LogP contribution in [-0.2, 0) is 0 Å². The Morgan fingerprint density at radius 3 is 2.81 bits per heavy atom. The molecule has 1 fully saturated rings. The molecule has 1 atom stereocenters. The molecule has 182 valence electrons. The number of hydrogen-bond acceptors (Lipinski definition) is 5. The fraction of sp³-hybridized carbons (Fsp3) is 0.192. The monoisotopic (exact) mass is 504 g/mol. The van der Waals surface area contributed by atoms with E-state index in [1.165, 1.54) is 12.1 Å². The summed E-state index contributed by atoms with van der Waals surface area (Å²) in [6, 6.07) is 13.6. The molecule has 0 bridgehead atoms. The van der Waals surface area contributed by atoms with Crippen LogP contribution in [0.4, 0.5) is 16.0 Å². The second kappa shape index (κ2) is 8.61. The molecule has 5 aromatic rings. The molecule has 2 aromatic carbocycles. The van der Waals surface area contributed by atoms with Crippen LogP contribution in [-0.4, -0.2) is 49.6 Å². The summed E-state index contributed by atoms with van der Waals surface area (Å²) >= 11 is 6.00. The van der Waals surface area contributed by atoms with Crippen LogP contribution in [0.3, 0.4) is 0 Å². The number of halogens is 2.